The fourth-order valence-electron chi connectivity index (χ4n) is 2.14. The van der Waals surface area contributed by atoms with Gasteiger partial charge in [-0.15, -0.1) is 11.3 Å². The third kappa shape index (κ3) is 2.26. The number of methoxy groups -OCH3 is 1. The number of rotatable bonds is 3. The number of esters is 1. The molecule has 2 rings (SSSR count). The lowest BCUT2D eigenvalue weighted by Gasteiger charge is -2.31. The molecule has 0 radical (unpaired) electrons. The van der Waals surface area contributed by atoms with Gasteiger partial charge >= 0.3 is 5.97 Å². The Bertz CT molecular complexity index is 458. The van der Waals surface area contributed by atoms with Crippen molar-refractivity contribution in [3.05, 3.63) is 16.3 Å². The topological polar surface area (TPSA) is 58.6 Å². The van der Waals surface area contributed by atoms with Crippen molar-refractivity contribution in [1.29, 1.82) is 0 Å². The van der Waals surface area contributed by atoms with Gasteiger partial charge in [0, 0.05) is 6.54 Å². The van der Waals surface area contributed by atoms with E-state index in [1.54, 1.807) is 23.4 Å². The molecule has 1 N–H and O–H groups in total. The van der Waals surface area contributed by atoms with Crippen LogP contribution in [-0.4, -0.2) is 38.6 Å². The van der Waals surface area contributed by atoms with Crippen molar-refractivity contribution in [2.45, 2.75) is 18.9 Å². The molecule has 1 atom stereocenters. The molecule has 6 heteroatoms. The quantitative estimate of drug-likeness (QED) is 0.838. The van der Waals surface area contributed by atoms with E-state index in [1.165, 1.54) is 18.4 Å². The van der Waals surface area contributed by atoms with E-state index in [4.69, 9.17) is 4.74 Å². The SMILES string of the molecule is CNC1CCCN(c2ccsc2C(=O)OC)C1=O. The average molecular weight is 268 g/mol. The van der Waals surface area contributed by atoms with Crippen LogP contribution in [0, 0.1) is 0 Å². The second kappa shape index (κ2) is 5.49. The van der Waals surface area contributed by atoms with Crippen molar-refractivity contribution in [3.63, 3.8) is 0 Å². The Morgan fingerprint density at radius 3 is 3.06 bits per heavy atom. The lowest BCUT2D eigenvalue weighted by atomic mass is 10.0. The minimum absolute atomic E-state index is 0.0207. The second-order valence-electron chi connectivity index (χ2n) is 4.10. The molecule has 1 saturated heterocycles. The minimum atomic E-state index is -0.389. The smallest absolute Gasteiger partial charge is 0.350 e. The number of amides is 1. The number of carbonyl (C=O) groups excluding carboxylic acids is 2. The van der Waals surface area contributed by atoms with Crippen LogP contribution in [-0.2, 0) is 9.53 Å². The zero-order valence-electron chi connectivity index (χ0n) is 10.4. The van der Waals surface area contributed by atoms with Crippen molar-refractivity contribution in [1.82, 2.24) is 5.32 Å². The molecule has 1 fully saturated rings. The molecule has 0 aromatic carbocycles. The van der Waals surface area contributed by atoms with Gasteiger partial charge in [0.15, 0.2) is 0 Å². The molecule has 1 aromatic heterocycles. The standard InChI is InChI=1S/C12H16N2O3S/c1-13-8-4-3-6-14(11(8)15)9-5-7-18-10(9)12(16)17-2/h5,7-8,13H,3-4,6H2,1-2H3. The maximum absolute atomic E-state index is 12.2. The first-order valence-electron chi connectivity index (χ1n) is 5.83. The molecule has 0 saturated carbocycles. The number of ether oxygens (including phenoxy) is 1. The molecule has 0 spiro atoms. The molecular weight excluding hydrogens is 252 g/mol. The summed E-state index contributed by atoms with van der Waals surface area (Å²) in [5, 5.41) is 4.81. The van der Waals surface area contributed by atoms with E-state index in [2.05, 4.69) is 5.32 Å². The first kappa shape index (κ1) is 13.0. The molecule has 1 aromatic rings. The lowest BCUT2D eigenvalue weighted by molar-refractivity contribution is -0.121. The first-order chi connectivity index (χ1) is 8.69. The van der Waals surface area contributed by atoms with Gasteiger partial charge in [-0.1, -0.05) is 0 Å². The van der Waals surface area contributed by atoms with Crippen molar-refractivity contribution in [3.8, 4) is 0 Å². The summed E-state index contributed by atoms with van der Waals surface area (Å²) in [5.74, 6) is -0.369. The van der Waals surface area contributed by atoms with Gasteiger partial charge in [0.2, 0.25) is 5.91 Å². The van der Waals surface area contributed by atoms with Crippen LogP contribution in [0.5, 0.6) is 0 Å². The molecule has 0 bridgehead atoms. The van der Waals surface area contributed by atoms with E-state index >= 15 is 0 Å². The summed E-state index contributed by atoms with van der Waals surface area (Å²) in [4.78, 5) is 26.0. The number of nitrogens with one attached hydrogen (secondary N) is 1. The molecule has 1 amide bonds. The monoisotopic (exact) mass is 268 g/mol. The summed E-state index contributed by atoms with van der Waals surface area (Å²) in [6.45, 7) is 0.651. The van der Waals surface area contributed by atoms with E-state index in [9.17, 15) is 9.59 Å². The Balaban J connectivity index is 2.28. The van der Waals surface area contributed by atoms with E-state index in [-0.39, 0.29) is 17.9 Å². The number of piperidine rings is 1. The highest BCUT2D eigenvalue weighted by Gasteiger charge is 2.31. The maximum atomic E-state index is 12.2. The predicted octanol–water partition coefficient (Wildman–Crippen LogP) is 1.25. The summed E-state index contributed by atoms with van der Waals surface area (Å²) in [6.07, 6.45) is 1.76. The van der Waals surface area contributed by atoms with Crippen LogP contribution in [0.3, 0.4) is 0 Å². The third-order valence-electron chi connectivity index (χ3n) is 3.09. The van der Waals surface area contributed by atoms with Gasteiger partial charge < -0.3 is 15.0 Å². The molecule has 98 valence electrons. The number of hydrogen-bond donors (Lipinski definition) is 1. The predicted molar refractivity (Wildman–Crippen MR) is 70.1 cm³/mol. The van der Waals surface area contributed by atoms with Crippen molar-refractivity contribution in [2.75, 3.05) is 25.6 Å². The van der Waals surface area contributed by atoms with E-state index in [1.807, 2.05) is 0 Å². The van der Waals surface area contributed by atoms with Crippen LogP contribution >= 0.6 is 11.3 Å². The molecule has 18 heavy (non-hydrogen) atoms. The summed E-state index contributed by atoms with van der Waals surface area (Å²) in [7, 11) is 3.13. The van der Waals surface area contributed by atoms with Gasteiger partial charge in [0.1, 0.15) is 4.88 Å². The summed E-state index contributed by atoms with van der Waals surface area (Å²) >= 11 is 1.30. The van der Waals surface area contributed by atoms with E-state index in [0.29, 0.717) is 17.1 Å². The number of anilines is 1. The first-order valence-corrected chi connectivity index (χ1v) is 6.71. The Labute approximate surface area is 110 Å². The molecule has 2 heterocycles. The lowest BCUT2D eigenvalue weighted by Crippen LogP contribution is -2.50. The summed E-state index contributed by atoms with van der Waals surface area (Å²) < 4.78 is 4.73. The Morgan fingerprint density at radius 2 is 2.39 bits per heavy atom. The number of likely N-dealkylation sites (N-methyl/N-ethyl adjacent to an activating group) is 1. The van der Waals surface area contributed by atoms with Gasteiger partial charge in [0.25, 0.3) is 0 Å². The number of thiophene rings is 1. The number of carbonyl (C=O) groups is 2. The van der Waals surface area contributed by atoms with Gasteiger partial charge in [-0.2, -0.15) is 0 Å². The fourth-order valence-corrected chi connectivity index (χ4v) is 2.95. The van der Waals surface area contributed by atoms with Crippen LogP contribution in [0.25, 0.3) is 0 Å². The van der Waals surface area contributed by atoms with Crippen molar-refractivity contribution < 1.29 is 14.3 Å². The molecule has 1 aliphatic heterocycles. The van der Waals surface area contributed by atoms with Gasteiger partial charge in [0.05, 0.1) is 18.8 Å². The zero-order chi connectivity index (χ0) is 13.1. The third-order valence-corrected chi connectivity index (χ3v) is 3.98. The Kier molecular flexibility index (Phi) is 3.98. The van der Waals surface area contributed by atoms with E-state index < -0.39 is 0 Å². The van der Waals surface area contributed by atoms with Crippen LogP contribution in [0.4, 0.5) is 5.69 Å². The second-order valence-corrected chi connectivity index (χ2v) is 5.02. The van der Waals surface area contributed by atoms with Gasteiger partial charge in [-0.3, -0.25) is 4.79 Å². The normalized spacial score (nSPS) is 20.0. The summed E-state index contributed by atoms with van der Waals surface area (Å²) in [6, 6.07) is 1.64. The Hall–Kier alpha value is -1.40. The van der Waals surface area contributed by atoms with Crippen LogP contribution < -0.4 is 10.2 Å². The largest absolute Gasteiger partial charge is 0.465 e. The highest BCUT2D eigenvalue weighted by molar-refractivity contribution is 7.12. The van der Waals surface area contributed by atoms with Crippen molar-refractivity contribution in [2.24, 2.45) is 0 Å². The van der Waals surface area contributed by atoms with E-state index in [0.717, 1.165) is 12.8 Å². The fraction of sp³-hybridized carbons (Fsp3) is 0.500. The number of nitrogens with zero attached hydrogens (tertiary/aromatic N) is 1. The van der Waals surface area contributed by atoms with Crippen LogP contribution in [0.1, 0.15) is 22.5 Å². The Morgan fingerprint density at radius 1 is 1.61 bits per heavy atom. The van der Waals surface area contributed by atoms with Gasteiger partial charge in [-0.25, -0.2) is 4.79 Å². The molecular formula is C12H16N2O3S. The minimum Gasteiger partial charge on any atom is -0.465 e. The maximum Gasteiger partial charge on any atom is 0.350 e. The average Bonchev–Trinajstić information content (AvgIpc) is 2.87. The highest BCUT2D eigenvalue weighted by atomic mass is 32.1. The highest BCUT2D eigenvalue weighted by Crippen LogP contribution is 2.29. The summed E-state index contributed by atoms with van der Waals surface area (Å²) in [5.41, 5.74) is 0.664. The molecule has 1 aliphatic rings. The zero-order valence-corrected chi connectivity index (χ0v) is 11.3. The van der Waals surface area contributed by atoms with Crippen LogP contribution in [0.2, 0.25) is 0 Å². The van der Waals surface area contributed by atoms with Gasteiger partial charge in [-0.05, 0) is 31.3 Å². The van der Waals surface area contributed by atoms with Crippen molar-refractivity contribution >= 4 is 28.9 Å². The molecule has 0 aliphatic carbocycles. The van der Waals surface area contributed by atoms with Crippen LogP contribution in [0.15, 0.2) is 11.4 Å². The number of hydrogen-bond acceptors (Lipinski definition) is 5. The molecule has 1 unspecified atom stereocenters. The molecule has 5 nitrogen and oxygen atoms in total.